The zero-order valence-corrected chi connectivity index (χ0v) is 16.0. The van der Waals surface area contributed by atoms with Crippen molar-refractivity contribution in [2.24, 2.45) is 28.8 Å². The van der Waals surface area contributed by atoms with Crippen molar-refractivity contribution in [2.45, 2.75) is 6.42 Å². The number of hydrazone groups is 1. The van der Waals surface area contributed by atoms with Crippen LogP contribution in [0, 0.1) is 27.2 Å². The number of rotatable bonds is 4. The predicted molar refractivity (Wildman–Crippen MR) is 99.4 cm³/mol. The van der Waals surface area contributed by atoms with Gasteiger partial charge in [-0.05, 0) is 58.5 Å². The van der Waals surface area contributed by atoms with Gasteiger partial charge in [-0.1, -0.05) is 12.2 Å². The molecule has 25 heavy (non-hydrogen) atoms. The quantitative estimate of drug-likeness (QED) is 0.305. The van der Waals surface area contributed by atoms with Crippen molar-refractivity contribution in [3.63, 3.8) is 0 Å². The Morgan fingerprint density at radius 2 is 1.76 bits per heavy atom. The third-order valence-electron chi connectivity index (χ3n) is 5.23. The van der Waals surface area contributed by atoms with E-state index in [1.54, 1.807) is 20.3 Å². The van der Waals surface area contributed by atoms with Gasteiger partial charge in [-0.15, -0.1) is 0 Å². The number of hydrogen-bond donors (Lipinski definition) is 0. The topological polar surface area (TPSA) is 68.2 Å². The van der Waals surface area contributed by atoms with E-state index in [4.69, 9.17) is 9.47 Å². The Morgan fingerprint density at radius 1 is 1.12 bits per heavy atom. The molecule has 1 aromatic rings. The molecular formula is C18H17IN2O4. The van der Waals surface area contributed by atoms with Crippen LogP contribution in [0.3, 0.4) is 0 Å². The van der Waals surface area contributed by atoms with Gasteiger partial charge in [0.15, 0.2) is 11.5 Å². The summed E-state index contributed by atoms with van der Waals surface area (Å²) in [5, 5.41) is 5.24. The normalized spacial score (nSPS) is 29.8. The third kappa shape index (κ3) is 2.47. The van der Waals surface area contributed by atoms with Crippen molar-refractivity contribution in [3.8, 4) is 11.5 Å². The van der Waals surface area contributed by atoms with Gasteiger partial charge in [-0.25, -0.2) is 0 Å². The first-order chi connectivity index (χ1) is 12.0. The van der Waals surface area contributed by atoms with Crippen LogP contribution in [0.1, 0.15) is 12.0 Å². The number of amides is 2. The lowest BCUT2D eigenvalue weighted by Gasteiger charge is -2.13. The summed E-state index contributed by atoms with van der Waals surface area (Å²) in [4.78, 5) is 25.2. The van der Waals surface area contributed by atoms with Crippen LogP contribution >= 0.6 is 22.6 Å². The highest BCUT2D eigenvalue weighted by atomic mass is 127. The second-order valence-electron chi connectivity index (χ2n) is 6.47. The number of halogens is 1. The molecule has 2 amide bonds. The van der Waals surface area contributed by atoms with Crippen LogP contribution in [0.2, 0.25) is 0 Å². The molecule has 2 aliphatic carbocycles. The minimum Gasteiger partial charge on any atom is -0.493 e. The summed E-state index contributed by atoms with van der Waals surface area (Å²) in [6.45, 7) is 0. The van der Waals surface area contributed by atoms with E-state index in [0.29, 0.717) is 11.5 Å². The fourth-order valence-corrected chi connectivity index (χ4v) is 4.98. The summed E-state index contributed by atoms with van der Waals surface area (Å²) < 4.78 is 11.5. The second kappa shape index (κ2) is 6.12. The Labute approximate surface area is 159 Å². The summed E-state index contributed by atoms with van der Waals surface area (Å²) in [6, 6.07) is 3.63. The lowest BCUT2D eigenvalue weighted by molar-refractivity contribution is -0.140. The molecule has 3 aliphatic rings. The number of benzene rings is 1. The largest absolute Gasteiger partial charge is 0.493 e. The van der Waals surface area contributed by atoms with E-state index in [1.165, 1.54) is 6.21 Å². The van der Waals surface area contributed by atoms with Crippen LogP contribution in [0.15, 0.2) is 29.4 Å². The van der Waals surface area contributed by atoms with E-state index in [9.17, 15) is 9.59 Å². The minimum atomic E-state index is -0.231. The molecule has 0 aromatic heterocycles. The number of hydrogen-bond acceptors (Lipinski definition) is 5. The van der Waals surface area contributed by atoms with Crippen molar-refractivity contribution in [2.75, 3.05) is 14.2 Å². The highest BCUT2D eigenvalue weighted by Crippen LogP contribution is 2.52. The molecule has 2 fully saturated rings. The van der Waals surface area contributed by atoms with Crippen molar-refractivity contribution in [1.82, 2.24) is 5.01 Å². The number of ether oxygens (including phenoxy) is 2. The van der Waals surface area contributed by atoms with E-state index in [-0.39, 0.29) is 35.5 Å². The lowest BCUT2D eigenvalue weighted by Crippen LogP contribution is -2.28. The molecule has 4 rings (SSSR count). The number of carbonyl (C=O) groups is 2. The van der Waals surface area contributed by atoms with Gasteiger partial charge >= 0.3 is 0 Å². The maximum atomic E-state index is 12.6. The zero-order valence-electron chi connectivity index (χ0n) is 13.8. The van der Waals surface area contributed by atoms with Crippen molar-refractivity contribution in [1.29, 1.82) is 0 Å². The standard InChI is InChI=1S/C18H17IN2O4/c1-24-13-6-9(5-12(19)16(13)25-2)8-20-21-17(22)14-10-3-4-11(7-10)15(14)18(21)23/h3-6,8,10-11,14-15H,7H2,1-2H3/b20-8+. The Morgan fingerprint density at radius 3 is 2.32 bits per heavy atom. The first-order valence-electron chi connectivity index (χ1n) is 8.06. The summed E-state index contributed by atoms with van der Waals surface area (Å²) >= 11 is 2.14. The van der Waals surface area contributed by atoms with Gasteiger partial charge in [0.1, 0.15) is 0 Å². The SMILES string of the molecule is COc1cc(/C=N/N2C(=O)C3C4C=CC(C4)C3C2=O)cc(I)c1OC. The van der Waals surface area contributed by atoms with E-state index in [1.807, 2.05) is 6.07 Å². The monoisotopic (exact) mass is 452 g/mol. The van der Waals surface area contributed by atoms with Gasteiger partial charge in [0.25, 0.3) is 11.8 Å². The molecule has 2 bridgehead atoms. The summed E-state index contributed by atoms with van der Waals surface area (Å²) in [7, 11) is 3.14. The Bertz CT molecular complexity index is 790. The Kier molecular flexibility index (Phi) is 4.05. The van der Waals surface area contributed by atoms with Crippen molar-refractivity contribution >= 4 is 40.6 Å². The summed E-state index contributed by atoms with van der Waals surface area (Å²) in [6.07, 6.45) is 6.58. The predicted octanol–water partition coefficient (Wildman–Crippen LogP) is 2.45. The Hall–Kier alpha value is -1.90. The molecule has 1 aromatic carbocycles. The maximum absolute atomic E-state index is 12.6. The van der Waals surface area contributed by atoms with Crippen LogP contribution in [0.5, 0.6) is 11.5 Å². The first-order valence-corrected chi connectivity index (χ1v) is 9.14. The average molecular weight is 452 g/mol. The molecule has 0 N–H and O–H groups in total. The van der Waals surface area contributed by atoms with E-state index < -0.39 is 0 Å². The molecular weight excluding hydrogens is 435 g/mol. The number of allylic oxidation sites excluding steroid dienone is 2. The molecule has 1 saturated carbocycles. The molecule has 1 saturated heterocycles. The number of methoxy groups -OCH3 is 2. The second-order valence-corrected chi connectivity index (χ2v) is 7.63. The van der Waals surface area contributed by atoms with Gasteiger partial charge in [-0.3, -0.25) is 9.59 Å². The molecule has 4 atom stereocenters. The zero-order chi connectivity index (χ0) is 17.7. The third-order valence-corrected chi connectivity index (χ3v) is 6.03. The maximum Gasteiger partial charge on any atom is 0.254 e. The fourth-order valence-electron chi connectivity index (χ4n) is 4.14. The highest BCUT2D eigenvalue weighted by Gasteiger charge is 2.59. The van der Waals surface area contributed by atoms with Gasteiger partial charge in [0.05, 0.1) is 35.8 Å². The molecule has 1 heterocycles. The lowest BCUT2D eigenvalue weighted by atomic mass is 9.85. The average Bonchev–Trinajstić information content (AvgIpc) is 3.27. The van der Waals surface area contributed by atoms with Gasteiger partial charge < -0.3 is 9.47 Å². The first kappa shape index (κ1) is 16.6. The fraction of sp³-hybridized carbons (Fsp3) is 0.389. The number of imide groups is 1. The molecule has 7 heteroatoms. The summed E-state index contributed by atoms with van der Waals surface area (Å²) in [5.41, 5.74) is 0.737. The minimum absolute atomic E-state index is 0.182. The van der Waals surface area contributed by atoms with Crippen molar-refractivity contribution in [3.05, 3.63) is 33.4 Å². The smallest absolute Gasteiger partial charge is 0.254 e. The van der Waals surface area contributed by atoms with E-state index >= 15 is 0 Å². The van der Waals surface area contributed by atoms with Crippen LogP contribution in [0.4, 0.5) is 0 Å². The Balaban J connectivity index is 1.60. The van der Waals surface area contributed by atoms with Crippen molar-refractivity contribution < 1.29 is 19.1 Å². The molecule has 6 nitrogen and oxygen atoms in total. The van der Waals surface area contributed by atoms with Crippen LogP contribution in [-0.2, 0) is 9.59 Å². The number of fused-ring (bicyclic) bond motifs is 5. The van der Waals surface area contributed by atoms with Gasteiger partial charge in [0, 0.05) is 0 Å². The number of nitrogens with zero attached hydrogens (tertiary/aromatic N) is 2. The van der Waals surface area contributed by atoms with Gasteiger partial charge in [0.2, 0.25) is 0 Å². The van der Waals surface area contributed by atoms with Crippen LogP contribution in [0.25, 0.3) is 0 Å². The van der Waals surface area contributed by atoms with E-state index in [2.05, 4.69) is 39.8 Å². The van der Waals surface area contributed by atoms with Gasteiger partial charge in [-0.2, -0.15) is 10.1 Å². The molecule has 4 unspecified atom stereocenters. The molecule has 1 aliphatic heterocycles. The number of carbonyl (C=O) groups excluding carboxylic acids is 2. The highest BCUT2D eigenvalue weighted by molar-refractivity contribution is 14.1. The molecule has 0 spiro atoms. The van der Waals surface area contributed by atoms with Crippen LogP contribution in [-0.4, -0.2) is 37.3 Å². The molecule has 130 valence electrons. The molecule has 0 radical (unpaired) electrons. The van der Waals surface area contributed by atoms with E-state index in [0.717, 1.165) is 20.6 Å². The summed E-state index contributed by atoms with van der Waals surface area (Å²) in [5.74, 6) is 0.772. The van der Waals surface area contributed by atoms with Crippen LogP contribution < -0.4 is 9.47 Å².